The normalized spacial score (nSPS) is 12.2. The lowest BCUT2D eigenvalue weighted by atomic mass is 10.2. The number of hydrogen-bond donors (Lipinski definition) is 0. The Morgan fingerprint density at radius 3 is 2.69 bits per heavy atom. The van der Waals surface area contributed by atoms with E-state index < -0.39 is 9.05 Å². The summed E-state index contributed by atoms with van der Waals surface area (Å²) in [7, 11) is 1.52. The summed E-state index contributed by atoms with van der Waals surface area (Å²) in [6, 6.07) is 4.51. The van der Waals surface area contributed by atoms with Crippen LogP contribution in [0.25, 0.3) is 10.9 Å². The van der Waals surface area contributed by atoms with Gasteiger partial charge in [-0.15, -0.1) is 0 Å². The van der Waals surface area contributed by atoms with Gasteiger partial charge in [-0.25, -0.2) is 8.42 Å². The van der Waals surface area contributed by atoms with Crippen LogP contribution in [0, 0.1) is 0 Å². The van der Waals surface area contributed by atoms with Crippen molar-refractivity contribution in [3.63, 3.8) is 0 Å². The Balaban J connectivity index is 2.77. The number of aryl methyl sites for hydroxylation is 1. The summed E-state index contributed by atoms with van der Waals surface area (Å²) in [5, 5.41) is 4.94. The molecule has 0 spiro atoms. The second-order valence-corrected chi connectivity index (χ2v) is 6.15. The van der Waals surface area contributed by atoms with Crippen molar-refractivity contribution in [3.8, 4) is 0 Å². The fourth-order valence-corrected chi connectivity index (χ4v) is 2.53. The van der Waals surface area contributed by atoms with E-state index in [1.54, 1.807) is 10.7 Å². The lowest BCUT2D eigenvalue weighted by Crippen LogP contribution is -1.95. The fraction of sp³-hybridized carbons (Fsp3) is 0.222. The molecule has 1 aromatic heterocycles. The summed E-state index contributed by atoms with van der Waals surface area (Å²) in [6.07, 6.45) is 0. The molecular weight excluding hydrogens is 271 g/mol. The highest BCUT2D eigenvalue weighted by Gasteiger charge is 2.14. The van der Waals surface area contributed by atoms with Crippen LogP contribution < -0.4 is 0 Å². The standard InChI is InChI=1S/C9H8Cl2N2O2S/c1-2-13-8-4-3-6(16(11,14)15)5-7(8)9(10)12-13/h3-5H,2H2,1H3. The first-order chi connectivity index (χ1) is 7.43. The molecule has 0 aliphatic heterocycles. The molecule has 0 aliphatic rings. The Kier molecular flexibility index (Phi) is 2.86. The van der Waals surface area contributed by atoms with Gasteiger partial charge in [0.05, 0.1) is 10.4 Å². The highest BCUT2D eigenvalue weighted by molar-refractivity contribution is 8.13. The van der Waals surface area contributed by atoms with Crippen LogP contribution in [0.15, 0.2) is 23.1 Å². The summed E-state index contributed by atoms with van der Waals surface area (Å²) in [5.41, 5.74) is 0.788. The van der Waals surface area contributed by atoms with Gasteiger partial charge in [0, 0.05) is 22.6 Å². The summed E-state index contributed by atoms with van der Waals surface area (Å²) >= 11 is 5.91. The zero-order chi connectivity index (χ0) is 11.9. The summed E-state index contributed by atoms with van der Waals surface area (Å²) in [4.78, 5) is 0.0271. The Bertz CT molecular complexity index is 649. The van der Waals surface area contributed by atoms with Gasteiger partial charge in [0.1, 0.15) is 0 Å². The fourth-order valence-electron chi connectivity index (χ4n) is 1.51. The average Bonchev–Trinajstić information content (AvgIpc) is 2.54. The SMILES string of the molecule is CCn1nc(Cl)c2cc(S(=O)(=O)Cl)ccc21. The number of nitrogens with zero attached hydrogens (tertiary/aromatic N) is 2. The molecule has 0 bridgehead atoms. The van der Waals surface area contributed by atoms with Crippen LogP contribution in [-0.2, 0) is 15.6 Å². The highest BCUT2D eigenvalue weighted by Crippen LogP contribution is 2.27. The molecule has 2 rings (SSSR count). The van der Waals surface area contributed by atoms with Crippen molar-refractivity contribution < 1.29 is 8.42 Å². The molecule has 2 aromatic rings. The number of hydrogen-bond acceptors (Lipinski definition) is 3. The van der Waals surface area contributed by atoms with Crippen LogP contribution in [0.1, 0.15) is 6.92 Å². The molecule has 0 saturated heterocycles. The molecule has 86 valence electrons. The molecule has 0 N–H and O–H groups in total. The van der Waals surface area contributed by atoms with Gasteiger partial charge >= 0.3 is 0 Å². The maximum absolute atomic E-state index is 11.2. The van der Waals surface area contributed by atoms with Crippen LogP contribution in [-0.4, -0.2) is 18.2 Å². The Morgan fingerprint density at radius 1 is 1.44 bits per heavy atom. The Hall–Kier alpha value is -0.780. The van der Waals surface area contributed by atoms with E-state index in [2.05, 4.69) is 5.10 Å². The number of aromatic nitrogens is 2. The molecule has 16 heavy (non-hydrogen) atoms. The Labute approximate surface area is 102 Å². The van der Waals surface area contributed by atoms with E-state index in [0.29, 0.717) is 11.9 Å². The van der Waals surface area contributed by atoms with Crippen molar-refractivity contribution in [2.24, 2.45) is 0 Å². The molecular formula is C9H8Cl2N2O2S. The summed E-state index contributed by atoms with van der Waals surface area (Å²) in [5.74, 6) is 0. The van der Waals surface area contributed by atoms with E-state index in [4.69, 9.17) is 22.3 Å². The predicted octanol–water partition coefficient (Wildman–Crippen LogP) is 2.64. The Morgan fingerprint density at radius 2 is 2.12 bits per heavy atom. The van der Waals surface area contributed by atoms with Crippen LogP contribution in [0.5, 0.6) is 0 Å². The number of halogens is 2. The van der Waals surface area contributed by atoms with Gasteiger partial charge in [0.2, 0.25) is 0 Å². The van der Waals surface area contributed by atoms with Gasteiger partial charge < -0.3 is 0 Å². The molecule has 4 nitrogen and oxygen atoms in total. The van der Waals surface area contributed by atoms with Gasteiger partial charge in [-0.2, -0.15) is 5.10 Å². The van der Waals surface area contributed by atoms with Crippen LogP contribution >= 0.6 is 22.3 Å². The summed E-state index contributed by atoms with van der Waals surface area (Å²) < 4.78 is 24.0. The van der Waals surface area contributed by atoms with Gasteiger partial charge in [-0.1, -0.05) is 11.6 Å². The van der Waals surface area contributed by atoms with E-state index in [1.165, 1.54) is 12.1 Å². The molecule has 0 fully saturated rings. The molecule has 7 heteroatoms. The molecule has 0 saturated carbocycles. The lowest BCUT2D eigenvalue weighted by molar-refractivity contribution is 0.609. The summed E-state index contributed by atoms with van der Waals surface area (Å²) in [6.45, 7) is 2.59. The average molecular weight is 279 g/mol. The topological polar surface area (TPSA) is 52.0 Å². The maximum Gasteiger partial charge on any atom is 0.261 e. The van der Waals surface area contributed by atoms with Crippen LogP contribution in [0.3, 0.4) is 0 Å². The van der Waals surface area contributed by atoms with E-state index in [0.717, 1.165) is 5.52 Å². The van der Waals surface area contributed by atoms with E-state index >= 15 is 0 Å². The minimum absolute atomic E-state index is 0.0271. The van der Waals surface area contributed by atoms with Gasteiger partial charge in [-0.3, -0.25) is 4.68 Å². The van der Waals surface area contributed by atoms with E-state index in [1.807, 2.05) is 6.92 Å². The van der Waals surface area contributed by atoms with Crippen molar-refractivity contribution in [1.82, 2.24) is 9.78 Å². The third-order valence-electron chi connectivity index (χ3n) is 2.26. The molecule has 0 amide bonds. The van der Waals surface area contributed by atoms with Crippen molar-refractivity contribution in [1.29, 1.82) is 0 Å². The first-order valence-electron chi connectivity index (χ1n) is 4.54. The first-order valence-corrected chi connectivity index (χ1v) is 7.23. The lowest BCUT2D eigenvalue weighted by Gasteiger charge is -1.99. The molecule has 0 unspecified atom stereocenters. The van der Waals surface area contributed by atoms with E-state index in [-0.39, 0.29) is 10.0 Å². The number of benzene rings is 1. The number of fused-ring (bicyclic) bond motifs is 1. The molecule has 1 aromatic carbocycles. The van der Waals surface area contributed by atoms with Crippen LogP contribution in [0.2, 0.25) is 5.15 Å². The predicted molar refractivity (Wildman–Crippen MR) is 63.5 cm³/mol. The van der Waals surface area contributed by atoms with Gasteiger partial charge in [0.25, 0.3) is 9.05 Å². The molecule has 0 aliphatic carbocycles. The quantitative estimate of drug-likeness (QED) is 0.794. The third-order valence-corrected chi connectivity index (χ3v) is 3.89. The second kappa shape index (κ2) is 3.91. The zero-order valence-electron chi connectivity index (χ0n) is 8.31. The third kappa shape index (κ3) is 1.90. The largest absolute Gasteiger partial charge is 0.264 e. The maximum atomic E-state index is 11.2. The smallest absolute Gasteiger partial charge is 0.261 e. The molecule has 1 heterocycles. The van der Waals surface area contributed by atoms with Crippen molar-refractivity contribution in [2.45, 2.75) is 18.4 Å². The van der Waals surface area contributed by atoms with Crippen molar-refractivity contribution in [3.05, 3.63) is 23.4 Å². The first kappa shape index (κ1) is 11.7. The molecule has 0 atom stereocenters. The van der Waals surface area contributed by atoms with Crippen molar-refractivity contribution >= 4 is 42.2 Å². The second-order valence-electron chi connectivity index (χ2n) is 3.22. The van der Waals surface area contributed by atoms with Crippen molar-refractivity contribution in [2.75, 3.05) is 0 Å². The minimum Gasteiger partial charge on any atom is -0.264 e. The van der Waals surface area contributed by atoms with Crippen LogP contribution in [0.4, 0.5) is 0 Å². The zero-order valence-corrected chi connectivity index (χ0v) is 10.6. The molecule has 0 radical (unpaired) electrons. The van der Waals surface area contributed by atoms with Gasteiger partial charge in [-0.05, 0) is 25.1 Å². The monoisotopic (exact) mass is 278 g/mol. The number of rotatable bonds is 2. The minimum atomic E-state index is -3.73. The van der Waals surface area contributed by atoms with E-state index in [9.17, 15) is 8.42 Å². The van der Waals surface area contributed by atoms with Gasteiger partial charge in [0.15, 0.2) is 5.15 Å². The highest BCUT2D eigenvalue weighted by atomic mass is 35.7.